The Labute approximate surface area is 88.9 Å². The first-order valence-electron chi connectivity index (χ1n) is 5.16. The van der Waals surface area contributed by atoms with Crippen molar-refractivity contribution in [3.63, 3.8) is 0 Å². The molecule has 0 spiro atoms. The molecule has 0 aliphatic heterocycles. The van der Waals surface area contributed by atoms with Gasteiger partial charge >= 0.3 is 0 Å². The van der Waals surface area contributed by atoms with Crippen LogP contribution in [0.3, 0.4) is 0 Å². The van der Waals surface area contributed by atoms with Crippen molar-refractivity contribution in [2.24, 2.45) is 0 Å². The van der Waals surface area contributed by atoms with Crippen molar-refractivity contribution < 1.29 is 0 Å². The first-order chi connectivity index (χ1) is 6.21. The topological polar surface area (TPSA) is 24.1 Å². The minimum atomic E-state index is 0.159. The highest BCUT2D eigenvalue weighted by Gasteiger charge is 2.06. The molecule has 2 heteroatoms. The van der Waals surface area contributed by atoms with E-state index in [1.165, 1.54) is 0 Å². The monoisotopic (exact) mass is 196 g/mol. The Balaban J connectivity index is 3.56. The maximum absolute atomic E-state index is 3.32. The smallest absolute Gasteiger partial charge is 0.0580 e. The van der Waals surface area contributed by atoms with E-state index in [9.17, 15) is 0 Å². The molecule has 0 fully saturated rings. The predicted molar refractivity (Wildman–Crippen MR) is 63.3 cm³/mol. The summed E-state index contributed by atoms with van der Waals surface area (Å²) in [6.07, 6.45) is 0. The minimum absolute atomic E-state index is 0.159. The van der Waals surface area contributed by atoms with Gasteiger partial charge in [0.1, 0.15) is 0 Å². The lowest BCUT2D eigenvalue weighted by molar-refractivity contribution is 0.449. The molecule has 0 aromatic heterocycles. The Morgan fingerprint density at radius 2 is 1.00 bits per heavy atom. The fourth-order valence-corrected chi connectivity index (χ4v) is 0.744. The highest BCUT2D eigenvalue weighted by atomic mass is 14.9. The summed E-state index contributed by atoms with van der Waals surface area (Å²) in [5.74, 6) is 6.18. The van der Waals surface area contributed by atoms with Crippen LogP contribution in [0.15, 0.2) is 0 Å². The van der Waals surface area contributed by atoms with E-state index in [4.69, 9.17) is 0 Å². The molecule has 2 N–H and O–H groups in total. The van der Waals surface area contributed by atoms with Gasteiger partial charge in [0, 0.05) is 11.1 Å². The molecule has 0 bridgehead atoms. The Morgan fingerprint density at radius 1 is 0.714 bits per heavy atom. The third-order valence-corrected chi connectivity index (χ3v) is 1.54. The van der Waals surface area contributed by atoms with E-state index >= 15 is 0 Å². The molecule has 0 rings (SSSR count). The molecular weight excluding hydrogens is 172 g/mol. The van der Waals surface area contributed by atoms with Crippen molar-refractivity contribution in [2.75, 3.05) is 13.1 Å². The molecule has 0 aliphatic rings. The molecule has 0 unspecified atom stereocenters. The second kappa shape index (κ2) is 5.38. The van der Waals surface area contributed by atoms with Crippen molar-refractivity contribution in [3.05, 3.63) is 0 Å². The number of hydrogen-bond acceptors (Lipinski definition) is 2. The van der Waals surface area contributed by atoms with Crippen molar-refractivity contribution in [1.29, 1.82) is 0 Å². The number of rotatable bonds is 2. The summed E-state index contributed by atoms with van der Waals surface area (Å²) >= 11 is 0. The molecule has 0 radical (unpaired) electrons. The molecule has 0 heterocycles. The number of hydrogen-bond donors (Lipinski definition) is 2. The van der Waals surface area contributed by atoms with Gasteiger partial charge in [-0.1, -0.05) is 11.8 Å². The standard InChI is InChI=1S/C12H24N2/c1-11(2,3)13-9-7-8-10-14-12(4,5)6/h13-14H,9-10H2,1-6H3. The summed E-state index contributed by atoms with van der Waals surface area (Å²) in [5.41, 5.74) is 0.318. The quantitative estimate of drug-likeness (QED) is 0.658. The van der Waals surface area contributed by atoms with Gasteiger partial charge in [0.15, 0.2) is 0 Å². The molecule has 2 nitrogen and oxygen atoms in total. The van der Waals surface area contributed by atoms with Gasteiger partial charge in [-0.25, -0.2) is 0 Å². The van der Waals surface area contributed by atoms with Crippen LogP contribution in [0.2, 0.25) is 0 Å². The molecule has 0 saturated heterocycles. The maximum Gasteiger partial charge on any atom is 0.0580 e. The zero-order valence-corrected chi connectivity index (χ0v) is 10.4. The molecule has 0 saturated carbocycles. The van der Waals surface area contributed by atoms with E-state index in [2.05, 4.69) is 64.0 Å². The zero-order valence-electron chi connectivity index (χ0n) is 10.4. The van der Waals surface area contributed by atoms with Gasteiger partial charge in [-0.2, -0.15) is 0 Å². The molecule has 82 valence electrons. The van der Waals surface area contributed by atoms with E-state index in [1.807, 2.05) is 0 Å². The molecule has 0 aromatic rings. The van der Waals surface area contributed by atoms with Crippen molar-refractivity contribution in [2.45, 2.75) is 52.6 Å². The van der Waals surface area contributed by atoms with Crippen molar-refractivity contribution in [1.82, 2.24) is 10.6 Å². The van der Waals surface area contributed by atoms with E-state index in [0.717, 1.165) is 13.1 Å². The summed E-state index contributed by atoms with van der Waals surface area (Å²) in [6.45, 7) is 14.4. The number of nitrogens with one attached hydrogen (secondary N) is 2. The highest BCUT2D eigenvalue weighted by Crippen LogP contribution is 1.97. The Hall–Kier alpha value is -0.520. The van der Waals surface area contributed by atoms with E-state index in [0.29, 0.717) is 0 Å². The molecule has 0 aliphatic carbocycles. The summed E-state index contributed by atoms with van der Waals surface area (Å²) in [5, 5.41) is 6.64. The zero-order chi connectivity index (χ0) is 11.2. The fourth-order valence-electron chi connectivity index (χ4n) is 0.744. The highest BCUT2D eigenvalue weighted by molar-refractivity contribution is 5.04. The van der Waals surface area contributed by atoms with Crippen LogP contribution in [0.1, 0.15) is 41.5 Å². The lowest BCUT2D eigenvalue weighted by Crippen LogP contribution is -2.37. The Kier molecular flexibility index (Phi) is 5.18. The normalized spacial score (nSPS) is 12.1. The SMILES string of the molecule is CC(C)(C)NCC#CCNC(C)(C)C. The largest absolute Gasteiger partial charge is 0.301 e. The van der Waals surface area contributed by atoms with Gasteiger partial charge < -0.3 is 10.6 Å². The average molecular weight is 196 g/mol. The minimum Gasteiger partial charge on any atom is -0.301 e. The average Bonchev–Trinajstić information content (AvgIpc) is 1.92. The van der Waals surface area contributed by atoms with Crippen LogP contribution in [0.25, 0.3) is 0 Å². The Morgan fingerprint density at radius 3 is 1.21 bits per heavy atom. The van der Waals surface area contributed by atoms with Crippen LogP contribution in [-0.2, 0) is 0 Å². The van der Waals surface area contributed by atoms with Crippen LogP contribution in [0.5, 0.6) is 0 Å². The van der Waals surface area contributed by atoms with Crippen LogP contribution in [-0.4, -0.2) is 24.2 Å². The fraction of sp³-hybridized carbons (Fsp3) is 0.833. The first-order valence-corrected chi connectivity index (χ1v) is 5.16. The third kappa shape index (κ3) is 11.5. The van der Waals surface area contributed by atoms with E-state index in [-0.39, 0.29) is 11.1 Å². The van der Waals surface area contributed by atoms with E-state index < -0.39 is 0 Å². The third-order valence-electron chi connectivity index (χ3n) is 1.54. The van der Waals surface area contributed by atoms with Crippen LogP contribution in [0.4, 0.5) is 0 Å². The van der Waals surface area contributed by atoms with Crippen molar-refractivity contribution >= 4 is 0 Å². The molecular formula is C12H24N2. The van der Waals surface area contributed by atoms with Gasteiger partial charge in [-0.15, -0.1) is 0 Å². The second-order valence-corrected chi connectivity index (χ2v) is 5.56. The molecule has 0 amide bonds. The van der Waals surface area contributed by atoms with Crippen LogP contribution < -0.4 is 10.6 Å². The van der Waals surface area contributed by atoms with Gasteiger partial charge in [0.25, 0.3) is 0 Å². The lowest BCUT2D eigenvalue weighted by atomic mass is 10.1. The lowest BCUT2D eigenvalue weighted by Gasteiger charge is -2.19. The molecule has 0 aromatic carbocycles. The summed E-state index contributed by atoms with van der Waals surface area (Å²) in [4.78, 5) is 0. The van der Waals surface area contributed by atoms with Gasteiger partial charge in [0.05, 0.1) is 13.1 Å². The summed E-state index contributed by atoms with van der Waals surface area (Å²) in [7, 11) is 0. The van der Waals surface area contributed by atoms with Gasteiger partial charge in [0.2, 0.25) is 0 Å². The van der Waals surface area contributed by atoms with Crippen molar-refractivity contribution in [3.8, 4) is 11.8 Å². The van der Waals surface area contributed by atoms with Gasteiger partial charge in [-0.3, -0.25) is 0 Å². The summed E-state index contributed by atoms with van der Waals surface area (Å²) in [6, 6.07) is 0. The first kappa shape index (κ1) is 13.5. The maximum atomic E-state index is 3.32. The molecule has 14 heavy (non-hydrogen) atoms. The molecule has 0 atom stereocenters. The second-order valence-electron chi connectivity index (χ2n) is 5.56. The predicted octanol–water partition coefficient (Wildman–Crippen LogP) is 1.77. The van der Waals surface area contributed by atoms with E-state index in [1.54, 1.807) is 0 Å². The Bertz CT molecular complexity index is 185. The van der Waals surface area contributed by atoms with Gasteiger partial charge in [-0.05, 0) is 41.5 Å². The van der Waals surface area contributed by atoms with Crippen LogP contribution in [0, 0.1) is 11.8 Å². The van der Waals surface area contributed by atoms with Crippen LogP contribution >= 0.6 is 0 Å². The summed E-state index contributed by atoms with van der Waals surface area (Å²) < 4.78 is 0.